The number of carboxylic acid groups (broad SMARTS) is 1. The van der Waals surface area contributed by atoms with E-state index in [2.05, 4.69) is 0 Å². The first-order valence-corrected chi connectivity index (χ1v) is 4.06. The maximum absolute atomic E-state index is 11.2. The van der Waals surface area contributed by atoms with Crippen LogP contribution in [0.2, 0.25) is 0 Å². The third kappa shape index (κ3) is 2.00. The van der Waals surface area contributed by atoms with Crippen LogP contribution >= 0.6 is 0 Å². The molecule has 1 heterocycles. The third-order valence-electron chi connectivity index (χ3n) is 2.15. The largest absolute Gasteiger partial charge is 0.480 e. The van der Waals surface area contributed by atoms with E-state index in [4.69, 9.17) is 15.3 Å². The third-order valence-corrected chi connectivity index (χ3v) is 2.15. The van der Waals surface area contributed by atoms with Gasteiger partial charge >= 0.3 is 5.97 Å². The van der Waals surface area contributed by atoms with Crippen molar-refractivity contribution in [3.05, 3.63) is 0 Å². The number of hydrogen-bond donors (Lipinski definition) is 3. The number of amides is 1. The quantitative estimate of drug-likeness (QED) is 0.483. The lowest BCUT2D eigenvalue weighted by atomic mass is 10.1. The van der Waals surface area contributed by atoms with Gasteiger partial charge in [-0.15, -0.1) is 0 Å². The number of aliphatic carboxylic acids is 1. The molecule has 0 aromatic heterocycles. The van der Waals surface area contributed by atoms with E-state index >= 15 is 0 Å². The minimum absolute atomic E-state index is 0.0667. The number of rotatable bonds is 3. The van der Waals surface area contributed by atoms with Gasteiger partial charge in [-0.2, -0.15) is 0 Å². The Labute approximate surface area is 80.1 Å². The molecular formula is C7H12N2O5. The predicted octanol–water partition coefficient (Wildman–Crippen LogP) is -2.17. The molecule has 0 unspecified atom stereocenters. The second-order valence-electron chi connectivity index (χ2n) is 3.00. The molecule has 1 saturated heterocycles. The summed E-state index contributed by atoms with van der Waals surface area (Å²) in [5.74, 6) is -1.57. The van der Waals surface area contributed by atoms with Crippen LogP contribution in [0.15, 0.2) is 0 Å². The van der Waals surface area contributed by atoms with E-state index in [-0.39, 0.29) is 13.1 Å². The number of hydrogen-bond acceptors (Lipinski definition) is 5. The molecule has 3 N–H and O–H groups in total. The molecule has 1 atom stereocenters. The molecule has 0 spiro atoms. The number of aliphatic hydroxyl groups excluding tert-OH is 2. The van der Waals surface area contributed by atoms with Gasteiger partial charge < -0.3 is 20.2 Å². The van der Waals surface area contributed by atoms with Crippen molar-refractivity contribution in [1.29, 1.82) is 0 Å². The molecule has 80 valence electrons. The van der Waals surface area contributed by atoms with Crippen molar-refractivity contribution >= 4 is 11.9 Å². The Morgan fingerprint density at radius 2 is 2.07 bits per heavy atom. The molecule has 0 saturated carbocycles. The normalized spacial score (nSPS) is 24.0. The van der Waals surface area contributed by atoms with Gasteiger partial charge in [-0.25, -0.2) is 4.90 Å². The van der Waals surface area contributed by atoms with Crippen LogP contribution < -0.4 is 0 Å². The minimum Gasteiger partial charge on any atom is -0.480 e. The zero-order valence-electron chi connectivity index (χ0n) is 7.46. The molecule has 0 aromatic carbocycles. The molecule has 0 bridgehead atoms. The minimum atomic E-state index is -1.15. The van der Waals surface area contributed by atoms with Crippen LogP contribution in [0.5, 0.6) is 0 Å². The summed E-state index contributed by atoms with van der Waals surface area (Å²) in [6.45, 7) is -0.995. The summed E-state index contributed by atoms with van der Waals surface area (Å²) >= 11 is 0. The van der Waals surface area contributed by atoms with Crippen molar-refractivity contribution < 1.29 is 24.9 Å². The first kappa shape index (κ1) is 10.9. The SMILES string of the molecule is O=C(O)[C@@H]1CC(=O)N(CO)CN1CO. The molecule has 1 fully saturated rings. The van der Waals surface area contributed by atoms with E-state index in [1.165, 1.54) is 4.90 Å². The van der Waals surface area contributed by atoms with Crippen molar-refractivity contribution in [2.75, 3.05) is 20.1 Å². The number of carbonyl (C=O) groups is 2. The van der Waals surface area contributed by atoms with Crippen LogP contribution in [0.1, 0.15) is 6.42 Å². The number of carbonyl (C=O) groups excluding carboxylic acids is 1. The molecule has 1 amide bonds. The highest BCUT2D eigenvalue weighted by atomic mass is 16.4. The van der Waals surface area contributed by atoms with Gasteiger partial charge in [-0.1, -0.05) is 0 Å². The average Bonchev–Trinajstić information content (AvgIpc) is 2.17. The molecule has 7 nitrogen and oxygen atoms in total. The van der Waals surface area contributed by atoms with Crippen LogP contribution in [0, 0.1) is 0 Å². The molecule has 1 aliphatic rings. The summed E-state index contributed by atoms with van der Waals surface area (Å²) in [5, 5.41) is 26.3. The van der Waals surface area contributed by atoms with Gasteiger partial charge in [0.05, 0.1) is 19.8 Å². The lowest BCUT2D eigenvalue weighted by molar-refractivity contribution is -0.162. The summed E-state index contributed by atoms with van der Waals surface area (Å²) in [6.07, 6.45) is -0.226. The second kappa shape index (κ2) is 4.36. The van der Waals surface area contributed by atoms with Gasteiger partial charge in [0.1, 0.15) is 12.8 Å². The van der Waals surface area contributed by atoms with E-state index in [0.29, 0.717) is 0 Å². The fourth-order valence-electron chi connectivity index (χ4n) is 1.33. The van der Waals surface area contributed by atoms with E-state index in [9.17, 15) is 9.59 Å². The lowest BCUT2D eigenvalue weighted by Gasteiger charge is -2.36. The van der Waals surface area contributed by atoms with Crippen LogP contribution in [0.3, 0.4) is 0 Å². The van der Waals surface area contributed by atoms with E-state index in [1.807, 2.05) is 0 Å². The van der Waals surface area contributed by atoms with Crippen LogP contribution in [-0.2, 0) is 9.59 Å². The molecule has 0 aromatic rings. The highest BCUT2D eigenvalue weighted by Crippen LogP contribution is 2.13. The maximum Gasteiger partial charge on any atom is 0.321 e. The Hall–Kier alpha value is -1.18. The Kier molecular flexibility index (Phi) is 3.39. The predicted molar refractivity (Wildman–Crippen MR) is 43.8 cm³/mol. The molecule has 14 heavy (non-hydrogen) atoms. The molecule has 0 aliphatic carbocycles. The highest BCUT2D eigenvalue weighted by molar-refractivity contribution is 5.85. The zero-order chi connectivity index (χ0) is 10.7. The van der Waals surface area contributed by atoms with Crippen LogP contribution in [0.25, 0.3) is 0 Å². The summed E-state index contributed by atoms with van der Waals surface area (Å²) in [7, 11) is 0. The summed E-state index contributed by atoms with van der Waals surface area (Å²) in [4.78, 5) is 24.1. The number of carboxylic acids is 1. The maximum atomic E-state index is 11.2. The van der Waals surface area contributed by atoms with Gasteiger partial charge in [-0.3, -0.25) is 9.59 Å². The Morgan fingerprint density at radius 3 is 2.50 bits per heavy atom. The lowest BCUT2D eigenvalue weighted by Crippen LogP contribution is -2.56. The Bertz CT molecular complexity index is 244. The van der Waals surface area contributed by atoms with Gasteiger partial charge in [0.25, 0.3) is 0 Å². The fraction of sp³-hybridized carbons (Fsp3) is 0.714. The molecule has 1 aliphatic heterocycles. The monoisotopic (exact) mass is 204 g/mol. The van der Waals surface area contributed by atoms with Crippen molar-refractivity contribution in [1.82, 2.24) is 9.80 Å². The zero-order valence-corrected chi connectivity index (χ0v) is 7.46. The van der Waals surface area contributed by atoms with Crippen molar-refractivity contribution in [2.24, 2.45) is 0 Å². The molecule has 7 heteroatoms. The number of nitrogens with zero attached hydrogens (tertiary/aromatic N) is 2. The van der Waals surface area contributed by atoms with Crippen molar-refractivity contribution in [3.8, 4) is 0 Å². The summed E-state index contributed by atoms with van der Waals surface area (Å²) < 4.78 is 0. The van der Waals surface area contributed by atoms with Crippen molar-refractivity contribution in [3.63, 3.8) is 0 Å². The van der Waals surface area contributed by atoms with Gasteiger partial charge in [0.2, 0.25) is 5.91 Å². The topological polar surface area (TPSA) is 101 Å². The first-order chi connectivity index (χ1) is 6.60. The number of aliphatic hydroxyl groups is 2. The van der Waals surface area contributed by atoms with Crippen LogP contribution in [0.4, 0.5) is 0 Å². The van der Waals surface area contributed by atoms with Gasteiger partial charge in [0, 0.05) is 0 Å². The van der Waals surface area contributed by atoms with E-state index in [1.54, 1.807) is 0 Å². The Balaban J connectivity index is 2.72. The molecular weight excluding hydrogens is 192 g/mol. The van der Waals surface area contributed by atoms with Gasteiger partial charge in [0.15, 0.2) is 0 Å². The van der Waals surface area contributed by atoms with Gasteiger partial charge in [-0.05, 0) is 0 Å². The van der Waals surface area contributed by atoms with Crippen molar-refractivity contribution in [2.45, 2.75) is 12.5 Å². The average molecular weight is 204 g/mol. The fourth-order valence-corrected chi connectivity index (χ4v) is 1.33. The highest BCUT2D eigenvalue weighted by Gasteiger charge is 2.35. The van der Waals surface area contributed by atoms with E-state index < -0.39 is 31.4 Å². The first-order valence-electron chi connectivity index (χ1n) is 4.06. The molecule has 1 rings (SSSR count). The second-order valence-corrected chi connectivity index (χ2v) is 3.00. The molecule has 0 radical (unpaired) electrons. The van der Waals surface area contributed by atoms with Crippen LogP contribution in [-0.4, -0.2) is 63.2 Å². The summed E-state index contributed by atoms with van der Waals surface area (Å²) in [6, 6.07) is -1.00. The summed E-state index contributed by atoms with van der Waals surface area (Å²) in [5.41, 5.74) is 0. The smallest absolute Gasteiger partial charge is 0.321 e. The standard InChI is InChI=1S/C7H12N2O5/c10-3-8-2-9(4-11)6(12)1-5(8)7(13)14/h5,10-11H,1-4H2,(H,13,14)/t5-/m0/s1. The Morgan fingerprint density at radius 1 is 1.43 bits per heavy atom. The van der Waals surface area contributed by atoms with E-state index in [0.717, 1.165) is 4.90 Å².